The van der Waals surface area contributed by atoms with Gasteiger partial charge in [0.25, 0.3) is 0 Å². The van der Waals surface area contributed by atoms with Crippen LogP contribution in [0, 0.1) is 13.8 Å². The van der Waals surface area contributed by atoms with E-state index in [1.165, 1.54) is 6.20 Å². The Morgan fingerprint density at radius 2 is 1.85 bits per heavy atom. The summed E-state index contributed by atoms with van der Waals surface area (Å²) in [6.07, 6.45) is 1.35. The number of aryl methyl sites for hydroxylation is 2. The number of pyridine rings is 1. The third-order valence-electron chi connectivity index (χ3n) is 2.77. The molecule has 2 aromatic heterocycles. The van der Waals surface area contributed by atoms with Crippen LogP contribution in [0.1, 0.15) is 17.0 Å². The lowest BCUT2D eigenvalue weighted by Gasteiger charge is -2.09. The molecule has 0 radical (unpaired) electrons. The van der Waals surface area contributed by atoms with Crippen molar-refractivity contribution in [3.8, 4) is 11.5 Å². The summed E-state index contributed by atoms with van der Waals surface area (Å²) in [5, 5.41) is 9.65. The van der Waals surface area contributed by atoms with Gasteiger partial charge < -0.3 is 5.11 Å². The SMILES string of the molecule is Cc1nc(-c2ncc(Cl)cc2Cl)nc(C)c1CC(=O)O. The van der Waals surface area contributed by atoms with Crippen LogP contribution in [0.2, 0.25) is 10.0 Å². The van der Waals surface area contributed by atoms with Gasteiger partial charge in [-0.3, -0.25) is 4.79 Å². The van der Waals surface area contributed by atoms with Crippen LogP contribution < -0.4 is 0 Å². The lowest BCUT2D eigenvalue weighted by atomic mass is 10.1. The molecule has 5 nitrogen and oxygen atoms in total. The number of hydrogen-bond donors (Lipinski definition) is 1. The van der Waals surface area contributed by atoms with Crippen LogP contribution in [0.25, 0.3) is 11.5 Å². The van der Waals surface area contributed by atoms with E-state index < -0.39 is 5.97 Å². The maximum Gasteiger partial charge on any atom is 0.307 e. The Balaban J connectivity index is 2.52. The van der Waals surface area contributed by atoms with Crippen molar-refractivity contribution in [3.05, 3.63) is 39.3 Å². The predicted octanol–water partition coefficient (Wildman–Crippen LogP) is 3.09. The highest BCUT2D eigenvalue weighted by atomic mass is 35.5. The third-order valence-corrected chi connectivity index (χ3v) is 3.26. The van der Waals surface area contributed by atoms with Gasteiger partial charge in [0.15, 0.2) is 5.82 Å². The first-order valence-electron chi connectivity index (χ1n) is 5.76. The van der Waals surface area contributed by atoms with Crippen molar-refractivity contribution in [1.82, 2.24) is 15.0 Å². The average molecular weight is 312 g/mol. The maximum atomic E-state index is 10.8. The molecule has 1 N–H and O–H groups in total. The number of hydrogen-bond acceptors (Lipinski definition) is 4. The summed E-state index contributed by atoms with van der Waals surface area (Å²) in [6.45, 7) is 3.47. The Kier molecular flexibility index (Phi) is 4.20. The van der Waals surface area contributed by atoms with Gasteiger partial charge in [0, 0.05) is 23.1 Å². The highest BCUT2D eigenvalue weighted by Crippen LogP contribution is 2.26. The number of aromatic nitrogens is 3. The smallest absolute Gasteiger partial charge is 0.307 e. The molecule has 0 aliphatic carbocycles. The van der Waals surface area contributed by atoms with Gasteiger partial charge in [-0.2, -0.15) is 0 Å². The van der Waals surface area contributed by atoms with Crippen molar-refractivity contribution in [2.24, 2.45) is 0 Å². The van der Waals surface area contributed by atoms with Crippen molar-refractivity contribution in [3.63, 3.8) is 0 Å². The highest BCUT2D eigenvalue weighted by molar-refractivity contribution is 6.35. The molecule has 104 valence electrons. The molecule has 0 spiro atoms. The van der Waals surface area contributed by atoms with E-state index >= 15 is 0 Å². The van der Waals surface area contributed by atoms with Crippen LogP contribution in [0.3, 0.4) is 0 Å². The zero-order valence-electron chi connectivity index (χ0n) is 10.8. The number of rotatable bonds is 3. The van der Waals surface area contributed by atoms with Crippen LogP contribution in [0.15, 0.2) is 12.3 Å². The molecule has 0 atom stereocenters. The topological polar surface area (TPSA) is 76.0 Å². The van der Waals surface area contributed by atoms with Crippen LogP contribution in [0.5, 0.6) is 0 Å². The van der Waals surface area contributed by atoms with Gasteiger partial charge in [0.1, 0.15) is 5.69 Å². The number of nitrogens with zero attached hydrogens (tertiary/aromatic N) is 3. The molecule has 20 heavy (non-hydrogen) atoms. The molecular weight excluding hydrogens is 301 g/mol. The minimum atomic E-state index is -0.921. The van der Waals surface area contributed by atoms with Gasteiger partial charge in [-0.05, 0) is 19.9 Å². The van der Waals surface area contributed by atoms with Crippen LogP contribution in [-0.4, -0.2) is 26.0 Å². The van der Waals surface area contributed by atoms with Crippen molar-refractivity contribution < 1.29 is 9.90 Å². The summed E-state index contributed by atoms with van der Waals surface area (Å²) in [7, 11) is 0. The summed E-state index contributed by atoms with van der Waals surface area (Å²) in [5.41, 5.74) is 2.22. The van der Waals surface area contributed by atoms with Gasteiger partial charge in [-0.1, -0.05) is 23.2 Å². The van der Waals surface area contributed by atoms with Gasteiger partial charge in [0.05, 0.1) is 16.5 Å². The fourth-order valence-corrected chi connectivity index (χ4v) is 2.30. The first kappa shape index (κ1) is 14.7. The van der Waals surface area contributed by atoms with Crippen molar-refractivity contribution in [1.29, 1.82) is 0 Å². The maximum absolute atomic E-state index is 10.8. The van der Waals surface area contributed by atoms with Gasteiger partial charge in [-0.15, -0.1) is 0 Å². The molecule has 0 saturated carbocycles. The summed E-state index contributed by atoms with van der Waals surface area (Å²) < 4.78 is 0. The zero-order valence-corrected chi connectivity index (χ0v) is 12.3. The largest absolute Gasteiger partial charge is 0.481 e. The number of carboxylic acids is 1. The molecule has 2 heterocycles. The van der Waals surface area contributed by atoms with Crippen molar-refractivity contribution in [2.75, 3.05) is 0 Å². The Bertz CT molecular complexity index is 666. The highest BCUT2D eigenvalue weighted by Gasteiger charge is 2.15. The Hall–Kier alpha value is -1.72. The van der Waals surface area contributed by atoms with E-state index in [0.717, 1.165) is 0 Å². The monoisotopic (exact) mass is 311 g/mol. The Morgan fingerprint density at radius 1 is 1.25 bits per heavy atom. The van der Waals surface area contributed by atoms with Crippen molar-refractivity contribution >= 4 is 29.2 Å². The second-order valence-electron chi connectivity index (χ2n) is 4.25. The van der Waals surface area contributed by atoms with E-state index in [0.29, 0.717) is 38.5 Å². The lowest BCUT2D eigenvalue weighted by molar-refractivity contribution is -0.136. The molecule has 0 aromatic carbocycles. The fourth-order valence-electron chi connectivity index (χ4n) is 1.83. The molecule has 7 heteroatoms. The standard InChI is InChI=1S/C13H11Cl2N3O2/c1-6-9(4-11(19)20)7(2)18-13(17-6)12-10(15)3-8(14)5-16-12/h3,5H,4H2,1-2H3,(H,19,20). The van der Waals surface area contributed by atoms with Gasteiger partial charge in [0.2, 0.25) is 0 Å². The number of carbonyl (C=O) groups is 1. The van der Waals surface area contributed by atoms with E-state index in [-0.39, 0.29) is 6.42 Å². The summed E-state index contributed by atoms with van der Waals surface area (Å²) in [4.78, 5) is 23.5. The minimum Gasteiger partial charge on any atom is -0.481 e. The molecule has 0 amide bonds. The predicted molar refractivity (Wildman–Crippen MR) is 76.1 cm³/mol. The third kappa shape index (κ3) is 3.05. The molecular formula is C13H11Cl2N3O2. The van der Waals surface area contributed by atoms with Crippen molar-refractivity contribution in [2.45, 2.75) is 20.3 Å². The van der Waals surface area contributed by atoms with Crippen LogP contribution in [-0.2, 0) is 11.2 Å². The average Bonchev–Trinajstić information content (AvgIpc) is 2.33. The molecule has 0 saturated heterocycles. The van der Waals surface area contributed by atoms with E-state index in [4.69, 9.17) is 28.3 Å². The molecule has 2 rings (SSSR count). The first-order valence-corrected chi connectivity index (χ1v) is 6.51. The molecule has 0 aliphatic rings. The summed E-state index contributed by atoms with van der Waals surface area (Å²) in [5.74, 6) is -0.564. The second kappa shape index (κ2) is 5.73. The van der Waals surface area contributed by atoms with Gasteiger partial charge >= 0.3 is 5.97 Å². The molecule has 2 aromatic rings. The van der Waals surface area contributed by atoms with Crippen LogP contribution in [0.4, 0.5) is 0 Å². The zero-order chi connectivity index (χ0) is 14.9. The Morgan fingerprint density at radius 3 is 2.35 bits per heavy atom. The van der Waals surface area contributed by atoms with E-state index in [1.807, 2.05) is 0 Å². The molecule has 0 aliphatic heterocycles. The number of aliphatic carboxylic acids is 1. The fraction of sp³-hybridized carbons (Fsp3) is 0.231. The number of carboxylic acid groups (broad SMARTS) is 1. The minimum absolute atomic E-state index is 0.111. The summed E-state index contributed by atoms with van der Waals surface area (Å²) >= 11 is 11.9. The second-order valence-corrected chi connectivity index (χ2v) is 5.09. The molecule has 0 bridgehead atoms. The van der Waals surface area contributed by atoms with Gasteiger partial charge in [-0.25, -0.2) is 15.0 Å². The van der Waals surface area contributed by atoms with E-state index in [1.54, 1.807) is 19.9 Å². The lowest BCUT2D eigenvalue weighted by Crippen LogP contribution is -2.09. The normalized spacial score (nSPS) is 10.6. The molecule has 0 unspecified atom stereocenters. The van der Waals surface area contributed by atoms with E-state index in [2.05, 4.69) is 15.0 Å². The first-order chi connectivity index (χ1) is 9.38. The quantitative estimate of drug-likeness (QED) is 0.942. The summed E-state index contributed by atoms with van der Waals surface area (Å²) in [6, 6.07) is 1.56. The Labute approximate surface area is 125 Å². The number of halogens is 2. The van der Waals surface area contributed by atoms with E-state index in [9.17, 15) is 4.79 Å². The molecule has 0 fully saturated rings. The van der Waals surface area contributed by atoms with Crippen LogP contribution >= 0.6 is 23.2 Å².